The van der Waals surface area contributed by atoms with Crippen molar-refractivity contribution in [3.8, 4) is 23.0 Å². The van der Waals surface area contributed by atoms with Crippen molar-refractivity contribution in [2.45, 2.75) is 84.5 Å². The molecule has 0 unspecified atom stereocenters. The van der Waals surface area contributed by atoms with Crippen LogP contribution in [-0.4, -0.2) is 0 Å². The average molecular weight is 387 g/mol. The summed E-state index contributed by atoms with van der Waals surface area (Å²) in [6, 6.07) is 17.8. The summed E-state index contributed by atoms with van der Waals surface area (Å²) < 4.78 is 0. The molecular formula is C29H38. The number of rotatable bonds is 8. The fourth-order valence-electron chi connectivity index (χ4n) is 4.54. The van der Waals surface area contributed by atoms with Gasteiger partial charge in [-0.05, 0) is 66.8 Å². The minimum Gasteiger partial charge on any atom is -0.0945 e. The van der Waals surface area contributed by atoms with Crippen LogP contribution in [0, 0.1) is 23.7 Å². The van der Waals surface area contributed by atoms with Gasteiger partial charge in [0.25, 0.3) is 0 Å². The Morgan fingerprint density at radius 1 is 0.724 bits per heavy atom. The van der Waals surface area contributed by atoms with Gasteiger partial charge >= 0.3 is 0 Å². The van der Waals surface area contributed by atoms with E-state index in [1.807, 2.05) is 0 Å². The highest BCUT2D eigenvalue weighted by Crippen LogP contribution is 2.31. The van der Waals surface area contributed by atoms with Crippen LogP contribution in [0.3, 0.4) is 0 Å². The van der Waals surface area contributed by atoms with Crippen molar-refractivity contribution in [3.05, 3.63) is 59.7 Å². The van der Waals surface area contributed by atoms with Crippen LogP contribution in [-0.2, 0) is 6.42 Å². The summed E-state index contributed by atoms with van der Waals surface area (Å²) in [5.74, 6) is 8.58. The van der Waals surface area contributed by atoms with Crippen LogP contribution < -0.4 is 0 Å². The number of hydrogen-bond acceptors (Lipinski definition) is 0. The molecule has 1 fully saturated rings. The van der Waals surface area contributed by atoms with E-state index >= 15 is 0 Å². The Morgan fingerprint density at radius 3 is 2.00 bits per heavy atom. The minimum atomic E-state index is 0.604. The van der Waals surface area contributed by atoms with Crippen LogP contribution in [0.2, 0.25) is 0 Å². The lowest BCUT2D eigenvalue weighted by molar-refractivity contribution is 0.294. The molecular weight excluding hydrogens is 348 g/mol. The maximum atomic E-state index is 3.57. The van der Waals surface area contributed by atoms with Gasteiger partial charge in [-0.15, -0.1) is 0 Å². The molecule has 1 aliphatic carbocycles. The van der Waals surface area contributed by atoms with E-state index in [0.717, 1.165) is 17.9 Å². The maximum Gasteiger partial charge on any atom is 0.0245 e. The highest BCUT2D eigenvalue weighted by molar-refractivity contribution is 5.64. The summed E-state index contributed by atoms with van der Waals surface area (Å²) >= 11 is 0. The summed E-state index contributed by atoms with van der Waals surface area (Å²) in [5, 5.41) is 0. The SMILES string of the molecule is CCCCCCC1CCC(C#Cc2ccc(-c3ccc(CCC)cc3)cc2)CC1. The first-order valence-electron chi connectivity index (χ1n) is 12.0. The van der Waals surface area contributed by atoms with E-state index in [9.17, 15) is 0 Å². The van der Waals surface area contributed by atoms with E-state index in [-0.39, 0.29) is 0 Å². The molecule has 0 heterocycles. The first-order valence-corrected chi connectivity index (χ1v) is 12.0. The van der Waals surface area contributed by atoms with Crippen molar-refractivity contribution in [1.82, 2.24) is 0 Å². The van der Waals surface area contributed by atoms with Gasteiger partial charge < -0.3 is 0 Å². The summed E-state index contributed by atoms with van der Waals surface area (Å²) in [4.78, 5) is 0. The molecule has 0 nitrogen and oxygen atoms in total. The lowest BCUT2D eigenvalue weighted by Gasteiger charge is -2.25. The molecule has 0 N–H and O–H groups in total. The van der Waals surface area contributed by atoms with Gasteiger partial charge in [0.2, 0.25) is 0 Å². The molecule has 3 rings (SSSR count). The second-order valence-corrected chi connectivity index (χ2v) is 8.86. The van der Waals surface area contributed by atoms with Gasteiger partial charge in [-0.2, -0.15) is 0 Å². The van der Waals surface area contributed by atoms with Crippen molar-refractivity contribution >= 4 is 0 Å². The van der Waals surface area contributed by atoms with E-state index < -0.39 is 0 Å². The van der Waals surface area contributed by atoms with Crippen molar-refractivity contribution in [1.29, 1.82) is 0 Å². The Bertz CT molecular complexity index is 762. The Balaban J connectivity index is 1.48. The lowest BCUT2D eigenvalue weighted by Crippen LogP contribution is -2.13. The molecule has 0 saturated heterocycles. The molecule has 0 aromatic heterocycles. The normalized spacial score (nSPS) is 18.8. The quantitative estimate of drug-likeness (QED) is 0.315. The first kappa shape index (κ1) is 21.7. The monoisotopic (exact) mass is 386 g/mol. The standard InChI is InChI=1S/C29H38/c1-3-5-6-7-9-25-10-12-26(13-11-25)14-15-27-18-22-29(23-19-27)28-20-16-24(8-4-2)17-21-28/h16-23,25-26H,3-13H2,1-2H3. The van der Waals surface area contributed by atoms with E-state index in [2.05, 4.69) is 74.2 Å². The van der Waals surface area contributed by atoms with E-state index in [1.165, 1.54) is 80.9 Å². The van der Waals surface area contributed by atoms with Crippen LogP contribution in [0.15, 0.2) is 48.5 Å². The third-order valence-corrected chi connectivity index (χ3v) is 6.44. The van der Waals surface area contributed by atoms with Gasteiger partial charge in [0.1, 0.15) is 0 Å². The highest BCUT2D eigenvalue weighted by atomic mass is 14.2. The zero-order valence-electron chi connectivity index (χ0n) is 18.6. The van der Waals surface area contributed by atoms with E-state index in [4.69, 9.17) is 0 Å². The minimum absolute atomic E-state index is 0.604. The summed E-state index contributed by atoms with van der Waals surface area (Å²) in [7, 11) is 0. The van der Waals surface area contributed by atoms with Crippen molar-refractivity contribution in [2.24, 2.45) is 11.8 Å². The van der Waals surface area contributed by atoms with Crippen LogP contribution in [0.25, 0.3) is 11.1 Å². The van der Waals surface area contributed by atoms with Crippen LogP contribution in [0.4, 0.5) is 0 Å². The third kappa shape index (κ3) is 7.08. The van der Waals surface area contributed by atoms with Gasteiger partial charge in [-0.25, -0.2) is 0 Å². The predicted molar refractivity (Wildman–Crippen MR) is 127 cm³/mol. The molecule has 29 heavy (non-hydrogen) atoms. The Hall–Kier alpha value is -2.00. The number of benzene rings is 2. The average Bonchev–Trinajstić information content (AvgIpc) is 2.77. The Morgan fingerprint density at radius 2 is 1.38 bits per heavy atom. The molecule has 0 amide bonds. The van der Waals surface area contributed by atoms with Crippen molar-refractivity contribution in [3.63, 3.8) is 0 Å². The lowest BCUT2D eigenvalue weighted by atomic mass is 9.80. The van der Waals surface area contributed by atoms with Crippen LogP contribution in [0.1, 0.15) is 89.2 Å². The molecule has 0 aliphatic heterocycles. The Kier molecular flexibility index (Phi) is 8.88. The van der Waals surface area contributed by atoms with Crippen molar-refractivity contribution in [2.75, 3.05) is 0 Å². The zero-order valence-corrected chi connectivity index (χ0v) is 18.6. The summed E-state index contributed by atoms with van der Waals surface area (Å²) in [5.41, 5.74) is 5.15. The second kappa shape index (κ2) is 11.9. The molecule has 0 atom stereocenters. The smallest absolute Gasteiger partial charge is 0.0245 e. The van der Waals surface area contributed by atoms with Gasteiger partial charge in [0.05, 0.1) is 0 Å². The fraction of sp³-hybridized carbons (Fsp3) is 0.517. The highest BCUT2D eigenvalue weighted by Gasteiger charge is 2.19. The Labute approximate surface area is 179 Å². The predicted octanol–water partition coefficient (Wildman–Crippen LogP) is 8.43. The first-order chi connectivity index (χ1) is 14.3. The zero-order chi connectivity index (χ0) is 20.3. The molecule has 1 aliphatic rings. The van der Waals surface area contributed by atoms with Crippen LogP contribution in [0.5, 0.6) is 0 Å². The fourth-order valence-corrected chi connectivity index (χ4v) is 4.54. The number of aryl methyl sites for hydroxylation is 1. The second-order valence-electron chi connectivity index (χ2n) is 8.86. The third-order valence-electron chi connectivity index (χ3n) is 6.44. The largest absolute Gasteiger partial charge is 0.0945 e. The molecule has 0 bridgehead atoms. The van der Waals surface area contributed by atoms with Crippen molar-refractivity contribution < 1.29 is 0 Å². The van der Waals surface area contributed by atoms with Gasteiger partial charge in [-0.3, -0.25) is 0 Å². The van der Waals surface area contributed by atoms with E-state index in [1.54, 1.807) is 0 Å². The number of unbranched alkanes of at least 4 members (excludes halogenated alkanes) is 3. The molecule has 0 radical (unpaired) electrons. The van der Waals surface area contributed by atoms with Crippen LogP contribution >= 0.6 is 0 Å². The van der Waals surface area contributed by atoms with Gasteiger partial charge in [-0.1, -0.05) is 101 Å². The molecule has 2 aromatic rings. The summed E-state index contributed by atoms with van der Waals surface area (Å²) in [6.45, 7) is 4.52. The number of hydrogen-bond donors (Lipinski definition) is 0. The molecule has 0 heteroatoms. The maximum absolute atomic E-state index is 3.57. The van der Waals surface area contributed by atoms with Gasteiger partial charge in [0.15, 0.2) is 0 Å². The van der Waals surface area contributed by atoms with Gasteiger partial charge in [0, 0.05) is 11.5 Å². The summed E-state index contributed by atoms with van der Waals surface area (Å²) in [6.07, 6.45) is 14.8. The molecule has 154 valence electrons. The topological polar surface area (TPSA) is 0 Å². The van der Waals surface area contributed by atoms with E-state index in [0.29, 0.717) is 5.92 Å². The molecule has 1 saturated carbocycles. The molecule has 0 spiro atoms. The molecule has 2 aromatic carbocycles.